The maximum absolute atomic E-state index is 11.2. The molecule has 0 amide bonds. The van der Waals surface area contributed by atoms with E-state index in [9.17, 15) is 8.42 Å². The first-order chi connectivity index (χ1) is 7.48. The smallest absolute Gasteiger partial charge is 0.173 e. The van der Waals surface area contributed by atoms with E-state index in [1.165, 1.54) is 5.41 Å². The monoisotopic (exact) mass is 238 g/mol. The molecule has 1 unspecified atom stereocenters. The van der Waals surface area contributed by atoms with Crippen molar-refractivity contribution in [3.63, 3.8) is 0 Å². The second-order valence-electron chi connectivity index (χ2n) is 3.95. The van der Waals surface area contributed by atoms with Gasteiger partial charge in [0.1, 0.15) is 0 Å². The van der Waals surface area contributed by atoms with Crippen LogP contribution in [0.25, 0.3) is 0 Å². The number of anilines is 2. The molecule has 0 fully saturated rings. The lowest BCUT2D eigenvalue weighted by Gasteiger charge is -2.14. The van der Waals surface area contributed by atoms with Gasteiger partial charge in [-0.15, -0.1) is 0 Å². The van der Waals surface area contributed by atoms with Gasteiger partial charge in [0, 0.05) is 5.41 Å². The molecule has 0 aliphatic carbocycles. The van der Waals surface area contributed by atoms with Gasteiger partial charge in [-0.25, -0.2) is 8.42 Å². The van der Waals surface area contributed by atoms with Gasteiger partial charge in [-0.1, -0.05) is 18.2 Å². The minimum absolute atomic E-state index is 0.0976. The van der Waals surface area contributed by atoms with Crippen LogP contribution in [0.1, 0.15) is 5.56 Å². The van der Waals surface area contributed by atoms with E-state index in [1.807, 2.05) is 25.1 Å². The zero-order chi connectivity index (χ0) is 11.8. The molecule has 4 nitrogen and oxygen atoms in total. The number of hydrogen-bond donors (Lipinski definition) is 2. The predicted molar refractivity (Wildman–Crippen MR) is 65.9 cm³/mol. The molecular weight excluding hydrogens is 224 g/mol. The fraction of sp³-hybridized carbons (Fsp3) is 0.273. The number of nitrogen functional groups attached to an aromatic ring is 1. The highest BCUT2D eigenvalue weighted by Crippen LogP contribution is 2.24. The second kappa shape index (κ2) is 3.83. The molecule has 0 bridgehead atoms. The van der Waals surface area contributed by atoms with Crippen molar-refractivity contribution >= 4 is 21.2 Å². The Balaban J connectivity index is 2.17. The van der Waals surface area contributed by atoms with E-state index in [0.29, 0.717) is 5.69 Å². The molecule has 0 spiro atoms. The van der Waals surface area contributed by atoms with Gasteiger partial charge in [0.15, 0.2) is 9.84 Å². The summed E-state index contributed by atoms with van der Waals surface area (Å²) in [6.07, 6.45) is 1.65. The summed E-state index contributed by atoms with van der Waals surface area (Å²) in [5.41, 5.74) is 8.32. The van der Waals surface area contributed by atoms with E-state index >= 15 is 0 Å². The third kappa shape index (κ3) is 2.19. The maximum atomic E-state index is 11.2. The molecule has 1 aromatic rings. The Labute approximate surface area is 95.1 Å². The van der Waals surface area contributed by atoms with Crippen LogP contribution in [0.2, 0.25) is 0 Å². The minimum Gasteiger partial charge on any atom is -0.397 e. The first-order valence-corrected chi connectivity index (χ1v) is 6.72. The van der Waals surface area contributed by atoms with Crippen molar-refractivity contribution in [2.75, 3.05) is 16.8 Å². The SMILES string of the molecule is Cc1cccc(NC2C=CS(=O)(=O)C2)c1N. The highest BCUT2D eigenvalue weighted by molar-refractivity contribution is 7.94. The van der Waals surface area contributed by atoms with Crippen LogP contribution < -0.4 is 11.1 Å². The molecule has 86 valence electrons. The van der Waals surface area contributed by atoms with Crippen molar-refractivity contribution in [2.24, 2.45) is 0 Å². The van der Waals surface area contributed by atoms with Gasteiger partial charge in [0.2, 0.25) is 0 Å². The summed E-state index contributed by atoms with van der Waals surface area (Å²) in [7, 11) is -3.02. The summed E-state index contributed by atoms with van der Waals surface area (Å²) in [5.74, 6) is 0.0976. The summed E-state index contributed by atoms with van der Waals surface area (Å²) in [4.78, 5) is 0. The van der Waals surface area contributed by atoms with Crippen LogP contribution in [0.15, 0.2) is 29.7 Å². The van der Waals surface area contributed by atoms with Gasteiger partial charge in [0.25, 0.3) is 0 Å². The molecule has 16 heavy (non-hydrogen) atoms. The molecule has 1 heterocycles. The number of rotatable bonds is 2. The Bertz CT molecular complexity index is 535. The van der Waals surface area contributed by atoms with Crippen molar-refractivity contribution in [1.82, 2.24) is 0 Å². The number of para-hydroxylation sites is 1. The van der Waals surface area contributed by atoms with Crippen molar-refractivity contribution < 1.29 is 8.42 Å². The molecule has 5 heteroatoms. The number of nitrogens with two attached hydrogens (primary N) is 1. The van der Waals surface area contributed by atoms with Crippen LogP contribution in [0.5, 0.6) is 0 Å². The highest BCUT2D eigenvalue weighted by Gasteiger charge is 2.21. The standard InChI is InChI=1S/C11H14N2O2S/c1-8-3-2-4-10(11(8)12)13-9-5-6-16(14,15)7-9/h2-6,9,13H,7,12H2,1H3. The Morgan fingerprint density at radius 3 is 2.81 bits per heavy atom. The molecule has 0 saturated carbocycles. The van der Waals surface area contributed by atoms with E-state index in [2.05, 4.69) is 5.32 Å². The average molecular weight is 238 g/mol. The lowest BCUT2D eigenvalue weighted by Crippen LogP contribution is -2.21. The number of sulfone groups is 1. The highest BCUT2D eigenvalue weighted by atomic mass is 32.2. The van der Waals surface area contributed by atoms with Gasteiger partial charge in [0.05, 0.1) is 23.2 Å². The molecule has 1 aliphatic heterocycles. The Morgan fingerprint density at radius 1 is 1.44 bits per heavy atom. The summed E-state index contributed by atoms with van der Waals surface area (Å²) in [6, 6.07) is 5.47. The lowest BCUT2D eigenvalue weighted by atomic mass is 10.1. The van der Waals surface area contributed by atoms with Gasteiger partial charge in [-0.2, -0.15) is 0 Å². The van der Waals surface area contributed by atoms with Crippen LogP contribution in [-0.4, -0.2) is 20.2 Å². The molecule has 2 rings (SSSR count). The second-order valence-corrected chi connectivity index (χ2v) is 5.88. The summed E-state index contributed by atoms with van der Waals surface area (Å²) in [6.45, 7) is 1.92. The quantitative estimate of drug-likeness (QED) is 0.762. The first-order valence-electron chi connectivity index (χ1n) is 5.00. The molecule has 3 N–H and O–H groups in total. The van der Waals surface area contributed by atoms with E-state index in [0.717, 1.165) is 11.3 Å². The summed E-state index contributed by atoms with van der Waals surface area (Å²) in [5, 5.41) is 4.36. The molecule has 1 aliphatic rings. The van der Waals surface area contributed by atoms with Crippen molar-refractivity contribution in [2.45, 2.75) is 13.0 Å². The van der Waals surface area contributed by atoms with E-state index in [1.54, 1.807) is 6.08 Å². The summed E-state index contributed by atoms with van der Waals surface area (Å²) < 4.78 is 22.4. The average Bonchev–Trinajstić information content (AvgIpc) is 2.53. The fourth-order valence-electron chi connectivity index (χ4n) is 1.67. The zero-order valence-electron chi connectivity index (χ0n) is 8.97. The van der Waals surface area contributed by atoms with Crippen LogP contribution >= 0.6 is 0 Å². The van der Waals surface area contributed by atoms with Crippen LogP contribution in [0.3, 0.4) is 0 Å². The fourth-order valence-corrected chi connectivity index (χ4v) is 2.91. The van der Waals surface area contributed by atoms with E-state index in [4.69, 9.17) is 5.73 Å². The number of aryl methyl sites for hydroxylation is 1. The predicted octanol–water partition coefficient (Wildman–Crippen LogP) is 1.30. The first kappa shape index (κ1) is 11.0. The third-order valence-electron chi connectivity index (χ3n) is 2.60. The largest absolute Gasteiger partial charge is 0.397 e. The van der Waals surface area contributed by atoms with Gasteiger partial charge < -0.3 is 11.1 Å². The Morgan fingerprint density at radius 2 is 2.19 bits per heavy atom. The number of nitrogens with one attached hydrogen (secondary N) is 1. The molecule has 0 radical (unpaired) electrons. The van der Waals surface area contributed by atoms with Gasteiger partial charge in [-0.3, -0.25) is 0 Å². The van der Waals surface area contributed by atoms with Crippen LogP contribution in [0, 0.1) is 6.92 Å². The molecule has 0 saturated heterocycles. The molecule has 1 aromatic carbocycles. The Kier molecular flexibility index (Phi) is 2.63. The molecular formula is C11H14N2O2S. The lowest BCUT2D eigenvalue weighted by molar-refractivity contribution is 0.605. The third-order valence-corrected chi connectivity index (χ3v) is 3.99. The summed E-state index contributed by atoms with van der Waals surface area (Å²) >= 11 is 0. The number of benzene rings is 1. The van der Waals surface area contributed by atoms with E-state index < -0.39 is 9.84 Å². The molecule has 0 aromatic heterocycles. The normalized spacial score (nSPS) is 22.2. The van der Waals surface area contributed by atoms with Crippen molar-refractivity contribution in [1.29, 1.82) is 0 Å². The Hall–Kier alpha value is -1.49. The van der Waals surface area contributed by atoms with Gasteiger partial charge >= 0.3 is 0 Å². The van der Waals surface area contributed by atoms with Crippen molar-refractivity contribution in [3.05, 3.63) is 35.2 Å². The topological polar surface area (TPSA) is 72.2 Å². The molecule has 1 atom stereocenters. The zero-order valence-corrected chi connectivity index (χ0v) is 9.79. The van der Waals surface area contributed by atoms with Crippen LogP contribution in [-0.2, 0) is 9.84 Å². The van der Waals surface area contributed by atoms with E-state index in [-0.39, 0.29) is 11.8 Å². The number of hydrogen-bond acceptors (Lipinski definition) is 4. The van der Waals surface area contributed by atoms with Crippen LogP contribution in [0.4, 0.5) is 11.4 Å². The van der Waals surface area contributed by atoms with Gasteiger partial charge in [-0.05, 0) is 18.6 Å². The minimum atomic E-state index is -3.02. The maximum Gasteiger partial charge on any atom is 0.173 e. The van der Waals surface area contributed by atoms with Crippen molar-refractivity contribution in [3.8, 4) is 0 Å².